The Bertz CT molecular complexity index is 425. The summed E-state index contributed by atoms with van der Waals surface area (Å²) in [6.45, 7) is -0.0254. The molecule has 3 heteroatoms. The smallest absolute Gasteiger partial charge is 0.0624 e. The largest absolute Gasteiger partial charge is 0.394 e. The van der Waals surface area contributed by atoms with Gasteiger partial charge in [0, 0.05) is 4.88 Å². The van der Waals surface area contributed by atoms with Crippen LogP contribution in [0, 0.1) is 0 Å². The average molecular weight is 219 g/mol. The number of thiophene rings is 1. The summed E-state index contributed by atoms with van der Waals surface area (Å²) in [6, 6.07) is 11.7. The fraction of sp³-hybridized carbons (Fsp3) is 0.167. The van der Waals surface area contributed by atoms with Crippen molar-refractivity contribution in [3.63, 3.8) is 0 Å². The summed E-state index contributed by atoms with van der Waals surface area (Å²) < 4.78 is 0. The predicted molar refractivity (Wildman–Crippen MR) is 63.8 cm³/mol. The average Bonchev–Trinajstić information content (AvgIpc) is 2.81. The zero-order chi connectivity index (χ0) is 10.7. The Balaban J connectivity index is 2.47. The second kappa shape index (κ2) is 4.57. The highest BCUT2D eigenvalue weighted by molar-refractivity contribution is 7.13. The number of aliphatic hydroxyl groups is 1. The topological polar surface area (TPSA) is 46.2 Å². The van der Waals surface area contributed by atoms with Gasteiger partial charge in [-0.2, -0.15) is 0 Å². The summed E-state index contributed by atoms with van der Waals surface area (Å²) in [5, 5.41) is 11.1. The molecule has 0 unspecified atom stereocenters. The van der Waals surface area contributed by atoms with Gasteiger partial charge in [0.1, 0.15) is 0 Å². The molecule has 2 nitrogen and oxygen atoms in total. The number of rotatable bonds is 3. The van der Waals surface area contributed by atoms with Crippen LogP contribution in [0.4, 0.5) is 0 Å². The molecule has 0 amide bonds. The molecule has 1 atom stereocenters. The third-order valence-electron chi connectivity index (χ3n) is 2.34. The summed E-state index contributed by atoms with van der Waals surface area (Å²) in [6.07, 6.45) is 0. The van der Waals surface area contributed by atoms with Crippen molar-refractivity contribution in [1.29, 1.82) is 0 Å². The van der Waals surface area contributed by atoms with Crippen LogP contribution in [0.2, 0.25) is 0 Å². The number of hydrogen-bond donors (Lipinski definition) is 2. The van der Waals surface area contributed by atoms with Gasteiger partial charge in [-0.25, -0.2) is 0 Å². The minimum absolute atomic E-state index is 0.0254. The zero-order valence-corrected chi connectivity index (χ0v) is 9.08. The standard InChI is InChI=1S/C12H13NOS/c13-11(8-14)9-4-1-2-5-10(9)12-6-3-7-15-12/h1-7,11,14H,8,13H2/t11-/m0/s1. The summed E-state index contributed by atoms with van der Waals surface area (Å²) in [4.78, 5) is 1.19. The van der Waals surface area contributed by atoms with Gasteiger partial charge in [-0.05, 0) is 22.6 Å². The van der Waals surface area contributed by atoms with Crippen LogP contribution in [0.25, 0.3) is 10.4 Å². The molecule has 0 fully saturated rings. The second-order valence-electron chi connectivity index (χ2n) is 3.35. The maximum atomic E-state index is 9.09. The highest BCUT2D eigenvalue weighted by Crippen LogP contribution is 2.30. The van der Waals surface area contributed by atoms with Crippen molar-refractivity contribution in [2.45, 2.75) is 6.04 Å². The van der Waals surface area contributed by atoms with Crippen LogP contribution in [-0.4, -0.2) is 11.7 Å². The molecule has 3 N–H and O–H groups in total. The Morgan fingerprint density at radius 1 is 1.20 bits per heavy atom. The van der Waals surface area contributed by atoms with Gasteiger partial charge < -0.3 is 10.8 Å². The van der Waals surface area contributed by atoms with Crippen LogP contribution in [0.1, 0.15) is 11.6 Å². The summed E-state index contributed by atoms with van der Waals surface area (Å²) >= 11 is 1.68. The van der Waals surface area contributed by atoms with Crippen LogP contribution in [0.3, 0.4) is 0 Å². The Kier molecular flexibility index (Phi) is 3.16. The lowest BCUT2D eigenvalue weighted by molar-refractivity contribution is 0.268. The minimum Gasteiger partial charge on any atom is -0.394 e. The molecule has 0 saturated heterocycles. The van der Waals surface area contributed by atoms with Gasteiger partial charge in [0.15, 0.2) is 0 Å². The molecule has 0 aliphatic rings. The van der Waals surface area contributed by atoms with E-state index in [-0.39, 0.29) is 12.6 Å². The van der Waals surface area contributed by atoms with E-state index in [1.807, 2.05) is 35.7 Å². The molecule has 1 aromatic carbocycles. The Morgan fingerprint density at radius 3 is 2.67 bits per heavy atom. The first-order valence-electron chi connectivity index (χ1n) is 4.82. The first kappa shape index (κ1) is 10.4. The third kappa shape index (κ3) is 2.09. The molecule has 15 heavy (non-hydrogen) atoms. The van der Waals surface area contributed by atoms with E-state index < -0.39 is 0 Å². The van der Waals surface area contributed by atoms with Gasteiger partial charge in [-0.3, -0.25) is 0 Å². The molecule has 0 aliphatic heterocycles. The molecule has 0 bridgehead atoms. The van der Waals surface area contributed by atoms with E-state index in [0.717, 1.165) is 11.1 Å². The predicted octanol–water partition coefficient (Wildman–Crippen LogP) is 2.41. The van der Waals surface area contributed by atoms with Crippen LogP contribution in [0.5, 0.6) is 0 Å². The Labute approximate surface area is 93.0 Å². The van der Waals surface area contributed by atoms with Crippen LogP contribution < -0.4 is 5.73 Å². The molecule has 1 heterocycles. The maximum Gasteiger partial charge on any atom is 0.0624 e. The van der Waals surface area contributed by atoms with Crippen molar-refractivity contribution >= 4 is 11.3 Å². The van der Waals surface area contributed by atoms with Crippen LogP contribution in [-0.2, 0) is 0 Å². The van der Waals surface area contributed by atoms with Gasteiger partial charge in [0.2, 0.25) is 0 Å². The van der Waals surface area contributed by atoms with Crippen molar-refractivity contribution < 1.29 is 5.11 Å². The molecule has 2 rings (SSSR count). The quantitative estimate of drug-likeness (QED) is 0.832. The summed E-state index contributed by atoms with van der Waals surface area (Å²) in [7, 11) is 0. The summed E-state index contributed by atoms with van der Waals surface area (Å²) in [5.74, 6) is 0. The van der Waals surface area contributed by atoms with Crippen molar-refractivity contribution in [2.75, 3.05) is 6.61 Å². The van der Waals surface area contributed by atoms with E-state index in [9.17, 15) is 0 Å². The van der Waals surface area contributed by atoms with Gasteiger partial charge in [0.05, 0.1) is 12.6 Å². The van der Waals surface area contributed by atoms with Crippen molar-refractivity contribution in [1.82, 2.24) is 0 Å². The van der Waals surface area contributed by atoms with Crippen molar-refractivity contribution in [2.24, 2.45) is 5.73 Å². The monoisotopic (exact) mass is 219 g/mol. The maximum absolute atomic E-state index is 9.09. The molecular weight excluding hydrogens is 206 g/mol. The Morgan fingerprint density at radius 2 is 2.00 bits per heavy atom. The molecule has 0 radical (unpaired) electrons. The lowest BCUT2D eigenvalue weighted by Gasteiger charge is -2.12. The van der Waals surface area contributed by atoms with Gasteiger partial charge >= 0.3 is 0 Å². The van der Waals surface area contributed by atoms with Crippen molar-refractivity contribution in [3.05, 3.63) is 47.3 Å². The molecule has 78 valence electrons. The SMILES string of the molecule is N[C@@H](CO)c1ccccc1-c1cccs1. The van der Waals surface area contributed by atoms with E-state index in [4.69, 9.17) is 10.8 Å². The first-order chi connectivity index (χ1) is 7.33. The normalized spacial score (nSPS) is 12.7. The second-order valence-corrected chi connectivity index (χ2v) is 4.30. The van der Waals surface area contributed by atoms with E-state index in [1.54, 1.807) is 11.3 Å². The number of nitrogens with two attached hydrogens (primary N) is 1. The molecular formula is C12H13NOS. The molecule has 0 spiro atoms. The highest BCUT2D eigenvalue weighted by Gasteiger charge is 2.11. The molecule has 0 aliphatic carbocycles. The van der Waals surface area contributed by atoms with E-state index in [0.29, 0.717) is 0 Å². The number of aliphatic hydroxyl groups excluding tert-OH is 1. The number of hydrogen-bond acceptors (Lipinski definition) is 3. The minimum atomic E-state index is -0.303. The Hall–Kier alpha value is -1.16. The van der Waals surface area contributed by atoms with Crippen LogP contribution in [0.15, 0.2) is 41.8 Å². The molecule has 1 aromatic heterocycles. The highest BCUT2D eigenvalue weighted by atomic mass is 32.1. The lowest BCUT2D eigenvalue weighted by atomic mass is 10.0. The van der Waals surface area contributed by atoms with Gasteiger partial charge in [0.25, 0.3) is 0 Å². The fourth-order valence-electron chi connectivity index (χ4n) is 1.57. The zero-order valence-electron chi connectivity index (χ0n) is 8.26. The van der Waals surface area contributed by atoms with Crippen LogP contribution >= 0.6 is 11.3 Å². The molecule has 0 saturated carbocycles. The third-order valence-corrected chi connectivity index (χ3v) is 3.25. The summed E-state index contributed by atoms with van der Waals surface area (Å²) in [5.41, 5.74) is 7.98. The lowest BCUT2D eigenvalue weighted by Crippen LogP contribution is -2.15. The van der Waals surface area contributed by atoms with E-state index in [1.165, 1.54) is 4.88 Å². The van der Waals surface area contributed by atoms with Gasteiger partial charge in [-0.15, -0.1) is 11.3 Å². The van der Waals surface area contributed by atoms with E-state index in [2.05, 4.69) is 6.07 Å². The molecule has 2 aromatic rings. The van der Waals surface area contributed by atoms with Crippen molar-refractivity contribution in [3.8, 4) is 10.4 Å². The first-order valence-corrected chi connectivity index (χ1v) is 5.70. The van der Waals surface area contributed by atoms with E-state index >= 15 is 0 Å². The van der Waals surface area contributed by atoms with Gasteiger partial charge in [-0.1, -0.05) is 30.3 Å². The fourth-order valence-corrected chi connectivity index (χ4v) is 2.35. The number of benzene rings is 1.